The van der Waals surface area contributed by atoms with Crippen molar-refractivity contribution in [2.24, 2.45) is 0 Å². The highest BCUT2D eigenvalue weighted by Gasteiger charge is 2.38. The van der Waals surface area contributed by atoms with Gasteiger partial charge in [-0.2, -0.15) is 0 Å². The molecule has 0 saturated heterocycles. The topological polar surface area (TPSA) is 35.5 Å². The van der Waals surface area contributed by atoms with E-state index >= 15 is 0 Å². The molecule has 1 atom stereocenters. The molecule has 4 heteroatoms. The fourth-order valence-electron chi connectivity index (χ4n) is 3.46. The van der Waals surface area contributed by atoms with Crippen LogP contribution in [-0.4, -0.2) is 27.5 Å². The number of hydrogen-bond acceptors (Lipinski definition) is 3. The minimum atomic E-state index is -1.75. The Morgan fingerprint density at radius 1 is 0.793 bits per heavy atom. The maximum Gasteiger partial charge on any atom is 0.305 e. The molecule has 0 aromatic heterocycles. The Morgan fingerprint density at radius 2 is 1.24 bits per heavy atom. The van der Waals surface area contributed by atoms with Crippen molar-refractivity contribution in [3.8, 4) is 0 Å². The molecule has 0 spiro atoms. The largest absolute Gasteiger partial charge is 0.469 e. The maximum atomic E-state index is 11.3. The van der Waals surface area contributed by atoms with E-state index in [1.807, 2.05) is 0 Å². The van der Waals surface area contributed by atoms with Crippen molar-refractivity contribution >= 4 is 14.3 Å². The summed E-state index contributed by atoms with van der Waals surface area (Å²) in [7, 11) is -0.277. The summed E-state index contributed by atoms with van der Waals surface area (Å²) in [6.07, 6.45) is 18.8. The molecule has 0 aliphatic rings. The number of unbranched alkanes of at least 4 members (excludes halogenated alkanes) is 10. The second kappa shape index (κ2) is 16.4. The van der Waals surface area contributed by atoms with E-state index in [4.69, 9.17) is 9.16 Å². The van der Waals surface area contributed by atoms with Gasteiger partial charge in [-0.1, -0.05) is 98.3 Å². The molecule has 29 heavy (non-hydrogen) atoms. The summed E-state index contributed by atoms with van der Waals surface area (Å²) in [4.78, 5) is 11.3. The first kappa shape index (κ1) is 28.6. The van der Waals surface area contributed by atoms with Crippen molar-refractivity contribution in [3.05, 3.63) is 0 Å². The van der Waals surface area contributed by atoms with Crippen LogP contribution in [0.4, 0.5) is 0 Å². The standard InChI is InChI=1S/C25H52O3Si/c1-8-9-10-11-12-13-14-15-16-17-20-23(21-18-19-22-24(26)27-5)28-29(6,7)25(2,3)4/h23H,8-22H2,1-7H3. The molecule has 0 saturated carbocycles. The number of rotatable bonds is 18. The van der Waals surface area contributed by atoms with Gasteiger partial charge in [-0.05, 0) is 37.4 Å². The summed E-state index contributed by atoms with van der Waals surface area (Å²) in [6, 6.07) is 0. The molecule has 0 heterocycles. The van der Waals surface area contributed by atoms with E-state index in [1.54, 1.807) is 0 Å². The van der Waals surface area contributed by atoms with Gasteiger partial charge in [0.1, 0.15) is 0 Å². The van der Waals surface area contributed by atoms with E-state index < -0.39 is 8.32 Å². The van der Waals surface area contributed by atoms with Gasteiger partial charge in [0.25, 0.3) is 0 Å². The number of hydrogen-bond donors (Lipinski definition) is 0. The van der Waals surface area contributed by atoms with Gasteiger partial charge in [-0.3, -0.25) is 4.79 Å². The van der Waals surface area contributed by atoms with Crippen LogP contribution in [0.1, 0.15) is 124 Å². The van der Waals surface area contributed by atoms with Gasteiger partial charge >= 0.3 is 5.97 Å². The first-order chi connectivity index (χ1) is 13.6. The van der Waals surface area contributed by atoms with Crippen LogP contribution in [-0.2, 0) is 14.0 Å². The molecule has 0 aromatic carbocycles. The van der Waals surface area contributed by atoms with Crippen molar-refractivity contribution < 1.29 is 14.0 Å². The molecule has 0 aliphatic carbocycles. The van der Waals surface area contributed by atoms with Crippen LogP contribution >= 0.6 is 0 Å². The fraction of sp³-hybridized carbons (Fsp3) is 0.960. The average molecular weight is 429 g/mol. The second-order valence-electron chi connectivity index (χ2n) is 10.3. The summed E-state index contributed by atoms with van der Waals surface area (Å²) in [5.74, 6) is -0.0958. The highest BCUT2D eigenvalue weighted by Crippen LogP contribution is 2.38. The molecular weight excluding hydrogens is 376 g/mol. The van der Waals surface area contributed by atoms with E-state index in [9.17, 15) is 4.79 Å². The van der Waals surface area contributed by atoms with Gasteiger partial charge < -0.3 is 9.16 Å². The second-order valence-corrected chi connectivity index (χ2v) is 15.0. The Bertz CT molecular complexity index is 401. The molecule has 0 fully saturated rings. The number of ether oxygens (including phenoxy) is 1. The molecule has 0 aromatic rings. The lowest BCUT2D eigenvalue weighted by atomic mass is 10.0. The van der Waals surface area contributed by atoms with Crippen LogP contribution in [0.3, 0.4) is 0 Å². The SMILES string of the molecule is CCCCCCCCCCCCC(CCCCC(=O)OC)O[Si](C)(C)C(C)(C)C. The van der Waals surface area contributed by atoms with Crippen LogP contribution in [0.25, 0.3) is 0 Å². The lowest BCUT2D eigenvalue weighted by Crippen LogP contribution is -2.44. The minimum Gasteiger partial charge on any atom is -0.469 e. The Kier molecular flexibility index (Phi) is 16.2. The van der Waals surface area contributed by atoms with Crippen molar-refractivity contribution in [1.29, 1.82) is 0 Å². The Labute approximate surface area is 183 Å². The fourth-order valence-corrected chi connectivity index (χ4v) is 4.88. The maximum absolute atomic E-state index is 11.3. The van der Waals surface area contributed by atoms with E-state index in [0.29, 0.717) is 12.5 Å². The summed E-state index contributed by atoms with van der Waals surface area (Å²) in [5, 5.41) is 0.245. The molecular formula is C25H52O3Si. The summed E-state index contributed by atoms with van der Waals surface area (Å²) in [5.41, 5.74) is 0. The van der Waals surface area contributed by atoms with Crippen LogP contribution in [0.5, 0.6) is 0 Å². The third-order valence-corrected chi connectivity index (χ3v) is 11.1. The van der Waals surface area contributed by atoms with E-state index in [2.05, 4.69) is 40.8 Å². The van der Waals surface area contributed by atoms with Gasteiger partial charge in [-0.15, -0.1) is 0 Å². The molecule has 1 unspecified atom stereocenters. The van der Waals surface area contributed by atoms with Gasteiger partial charge in [0.15, 0.2) is 8.32 Å². The third-order valence-electron chi connectivity index (χ3n) is 6.53. The zero-order valence-electron chi connectivity index (χ0n) is 20.9. The molecule has 3 nitrogen and oxygen atoms in total. The van der Waals surface area contributed by atoms with E-state index in [1.165, 1.54) is 77.7 Å². The highest BCUT2D eigenvalue weighted by molar-refractivity contribution is 6.74. The lowest BCUT2D eigenvalue weighted by molar-refractivity contribution is -0.140. The predicted octanol–water partition coefficient (Wildman–Crippen LogP) is 8.42. The summed E-state index contributed by atoms with van der Waals surface area (Å²) >= 11 is 0. The zero-order valence-corrected chi connectivity index (χ0v) is 21.9. The van der Waals surface area contributed by atoms with Gasteiger partial charge in [-0.25, -0.2) is 0 Å². The first-order valence-corrected chi connectivity index (χ1v) is 15.3. The first-order valence-electron chi connectivity index (χ1n) is 12.4. The number of methoxy groups -OCH3 is 1. The zero-order chi connectivity index (χ0) is 22.2. The van der Waals surface area contributed by atoms with Crippen LogP contribution in [0, 0.1) is 0 Å². The van der Waals surface area contributed by atoms with Gasteiger partial charge in [0.05, 0.1) is 7.11 Å². The molecule has 0 bridgehead atoms. The Morgan fingerprint density at radius 3 is 1.69 bits per heavy atom. The van der Waals surface area contributed by atoms with Crippen LogP contribution in [0.2, 0.25) is 18.1 Å². The smallest absolute Gasteiger partial charge is 0.305 e. The molecule has 0 radical (unpaired) electrons. The molecule has 0 N–H and O–H groups in total. The Hall–Kier alpha value is -0.353. The van der Waals surface area contributed by atoms with E-state index in [0.717, 1.165) is 19.3 Å². The van der Waals surface area contributed by atoms with Crippen LogP contribution < -0.4 is 0 Å². The normalized spacial score (nSPS) is 13.5. The van der Waals surface area contributed by atoms with Crippen molar-refractivity contribution in [1.82, 2.24) is 0 Å². The van der Waals surface area contributed by atoms with E-state index in [-0.39, 0.29) is 11.0 Å². The van der Waals surface area contributed by atoms with Gasteiger partial charge in [0, 0.05) is 12.5 Å². The highest BCUT2D eigenvalue weighted by atomic mass is 28.4. The number of carbonyl (C=O) groups is 1. The molecule has 0 rings (SSSR count). The molecule has 0 aliphatic heterocycles. The quantitative estimate of drug-likeness (QED) is 0.125. The van der Waals surface area contributed by atoms with Crippen molar-refractivity contribution in [2.45, 2.75) is 148 Å². The third kappa shape index (κ3) is 15.1. The molecule has 0 amide bonds. The average Bonchev–Trinajstić information content (AvgIpc) is 2.64. The van der Waals surface area contributed by atoms with Crippen molar-refractivity contribution in [2.75, 3.05) is 7.11 Å². The lowest BCUT2D eigenvalue weighted by Gasteiger charge is -2.39. The summed E-state index contributed by atoms with van der Waals surface area (Å²) in [6.45, 7) is 13.9. The minimum absolute atomic E-state index is 0.0958. The Balaban J connectivity index is 4.19. The summed E-state index contributed by atoms with van der Waals surface area (Å²) < 4.78 is 11.5. The van der Waals surface area contributed by atoms with Gasteiger partial charge in [0.2, 0.25) is 0 Å². The predicted molar refractivity (Wildman–Crippen MR) is 129 cm³/mol. The monoisotopic (exact) mass is 428 g/mol. The number of carbonyl (C=O) groups excluding carboxylic acids is 1. The number of esters is 1. The van der Waals surface area contributed by atoms with Crippen molar-refractivity contribution in [3.63, 3.8) is 0 Å². The van der Waals surface area contributed by atoms with Crippen LogP contribution in [0.15, 0.2) is 0 Å². The molecule has 174 valence electrons.